The Morgan fingerprint density at radius 3 is 3.23 bits per heavy atom. The van der Waals surface area contributed by atoms with Gasteiger partial charge in [0.05, 0.1) is 6.61 Å². The Bertz CT molecular complexity index is 457. The molecule has 1 fully saturated rings. The third kappa shape index (κ3) is 0.906. The highest BCUT2D eigenvalue weighted by molar-refractivity contribution is 5.80. The Balaban J connectivity index is 2.30. The molecule has 1 atom stereocenters. The number of aromatic amines is 1. The summed E-state index contributed by atoms with van der Waals surface area (Å²) in [6, 6.07) is 4.02. The van der Waals surface area contributed by atoms with Crippen molar-refractivity contribution in [3.05, 3.63) is 30.1 Å². The van der Waals surface area contributed by atoms with Crippen molar-refractivity contribution < 1.29 is 4.74 Å². The molecular weight excluding hydrogens is 164 g/mol. The SMILES string of the molecule is CC1(c2c[nH]c3ncccc23)CO1. The Morgan fingerprint density at radius 1 is 1.62 bits per heavy atom. The Labute approximate surface area is 75.7 Å². The molecular formula is C10H10N2O. The molecule has 1 aliphatic rings. The van der Waals surface area contributed by atoms with E-state index in [2.05, 4.69) is 23.0 Å². The quantitative estimate of drug-likeness (QED) is 0.670. The van der Waals surface area contributed by atoms with Gasteiger partial charge in [0, 0.05) is 23.3 Å². The van der Waals surface area contributed by atoms with E-state index in [0.717, 1.165) is 12.3 Å². The van der Waals surface area contributed by atoms with E-state index in [1.807, 2.05) is 12.3 Å². The van der Waals surface area contributed by atoms with Crippen LogP contribution < -0.4 is 0 Å². The maximum atomic E-state index is 5.40. The highest BCUT2D eigenvalue weighted by Gasteiger charge is 2.42. The highest BCUT2D eigenvalue weighted by atomic mass is 16.6. The number of hydrogen-bond donors (Lipinski definition) is 1. The van der Waals surface area contributed by atoms with Gasteiger partial charge in [0.2, 0.25) is 0 Å². The van der Waals surface area contributed by atoms with E-state index < -0.39 is 0 Å². The van der Waals surface area contributed by atoms with Crippen molar-refractivity contribution in [1.82, 2.24) is 9.97 Å². The highest BCUT2D eigenvalue weighted by Crippen LogP contribution is 2.40. The van der Waals surface area contributed by atoms with Crippen molar-refractivity contribution in [2.45, 2.75) is 12.5 Å². The van der Waals surface area contributed by atoms with Crippen molar-refractivity contribution in [2.75, 3.05) is 6.61 Å². The first kappa shape index (κ1) is 7.09. The smallest absolute Gasteiger partial charge is 0.137 e. The van der Waals surface area contributed by atoms with Crippen LogP contribution in [-0.4, -0.2) is 16.6 Å². The summed E-state index contributed by atoms with van der Waals surface area (Å²) in [4.78, 5) is 7.38. The molecule has 3 heterocycles. The molecule has 2 aromatic rings. The van der Waals surface area contributed by atoms with E-state index in [1.54, 1.807) is 6.20 Å². The Hall–Kier alpha value is -1.35. The first-order valence-corrected chi connectivity index (χ1v) is 4.36. The largest absolute Gasteiger partial charge is 0.365 e. The molecule has 0 saturated carbocycles. The lowest BCUT2D eigenvalue weighted by Gasteiger charge is -2.01. The van der Waals surface area contributed by atoms with Crippen LogP contribution in [0.15, 0.2) is 24.5 Å². The van der Waals surface area contributed by atoms with Gasteiger partial charge in [0.15, 0.2) is 0 Å². The normalized spacial score (nSPS) is 26.5. The summed E-state index contributed by atoms with van der Waals surface area (Å²) in [5, 5.41) is 1.17. The summed E-state index contributed by atoms with van der Waals surface area (Å²) >= 11 is 0. The average molecular weight is 174 g/mol. The molecule has 3 nitrogen and oxygen atoms in total. The molecule has 0 aliphatic carbocycles. The van der Waals surface area contributed by atoms with E-state index in [4.69, 9.17) is 4.74 Å². The van der Waals surface area contributed by atoms with Gasteiger partial charge in [-0.2, -0.15) is 0 Å². The number of ether oxygens (including phenoxy) is 1. The first-order chi connectivity index (χ1) is 6.30. The van der Waals surface area contributed by atoms with Gasteiger partial charge in [-0.25, -0.2) is 4.98 Å². The molecule has 0 bridgehead atoms. The number of aromatic nitrogens is 2. The van der Waals surface area contributed by atoms with Crippen LogP contribution in [-0.2, 0) is 10.3 Å². The van der Waals surface area contributed by atoms with Crippen molar-refractivity contribution in [1.29, 1.82) is 0 Å². The zero-order valence-corrected chi connectivity index (χ0v) is 7.37. The number of nitrogens with zero attached hydrogens (tertiary/aromatic N) is 1. The summed E-state index contributed by atoms with van der Waals surface area (Å²) in [5.74, 6) is 0. The molecule has 66 valence electrons. The number of epoxide rings is 1. The van der Waals surface area contributed by atoms with Crippen LogP contribution >= 0.6 is 0 Å². The van der Waals surface area contributed by atoms with E-state index in [9.17, 15) is 0 Å². The second kappa shape index (κ2) is 2.12. The van der Waals surface area contributed by atoms with Gasteiger partial charge in [-0.15, -0.1) is 0 Å². The summed E-state index contributed by atoms with van der Waals surface area (Å²) in [7, 11) is 0. The maximum absolute atomic E-state index is 5.40. The second-order valence-corrected chi connectivity index (χ2v) is 3.62. The van der Waals surface area contributed by atoms with Crippen LogP contribution in [0.2, 0.25) is 0 Å². The van der Waals surface area contributed by atoms with Crippen LogP contribution in [0, 0.1) is 0 Å². The molecule has 0 radical (unpaired) electrons. The Kier molecular flexibility index (Phi) is 1.15. The van der Waals surface area contributed by atoms with Crippen molar-refractivity contribution in [3.8, 4) is 0 Å². The lowest BCUT2D eigenvalue weighted by Crippen LogP contribution is -1.99. The minimum absolute atomic E-state index is 0.0682. The van der Waals surface area contributed by atoms with Crippen LogP contribution in [0.25, 0.3) is 11.0 Å². The summed E-state index contributed by atoms with van der Waals surface area (Å²) in [5.41, 5.74) is 2.09. The molecule has 1 unspecified atom stereocenters. The van der Waals surface area contributed by atoms with Gasteiger partial charge in [-0.3, -0.25) is 0 Å². The molecule has 2 aromatic heterocycles. The fourth-order valence-electron chi connectivity index (χ4n) is 1.66. The van der Waals surface area contributed by atoms with Crippen LogP contribution in [0.3, 0.4) is 0 Å². The lowest BCUT2D eigenvalue weighted by atomic mass is 10.0. The van der Waals surface area contributed by atoms with Crippen LogP contribution in [0.5, 0.6) is 0 Å². The first-order valence-electron chi connectivity index (χ1n) is 4.36. The minimum Gasteiger partial charge on any atom is -0.365 e. The molecule has 3 heteroatoms. The third-order valence-corrected chi connectivity index (χ3v) is 2.60. The van der Waals surface area contributed by atoms with E-state index in [0.29, 0.717) is 0 Å². The van der Waals surface area contributed by atoms with E-state index in [-0.39, 0.29) is 5.60 Å². The molecule has 0 aromatic carbocycles. The fraction of sp³-hybridized carbons (Fsp3) is 0.300. The number of pyridine rings is 1. The van der Waals surface area contributed by atoms with Crippen molar-refractivity contribution >= 4 is 11.0 Å². The monoisotopic (exact) mass is 174 g/mol. The topological polar surface area (TPSA) is 41.2 Å². The number of H-pyrrole nitrogens is 1. The van der Waals surface area contributed by atoms with Crippen molar-refractivity contribution in [3.63, 3.8) is 0 Å². The summed E-state index contributed by atoms with van der Waals surface area (Å²) in [6.45, 7) is 2.91. The van der Waals surface area contributed by atoms with Gasteiger partial charge >= 0.3 is 0 Å². The van der Waals surface area contributed by atoms with Crippen LogP contribution in [0.1, 0.15) is 12.5 Å². The predicted molar refractivity (Wildman–Crippen MR) is 49.4 cm³/mol. The number of fused-ring (bicyclic) bond motifs is 1. The maximum Gasteiger partial charge on any atom is 0.137 e. The predicted octanol–water partition coefficient (Wildman–Crippen LogP) is 1.81. The number of hydrogen-bond acceptors (Lipinski definition) is 2. The average Bonchev–Trinajstić information content (AvgIpc) is 2.76. The third-order valence-electron chi connectivity index (χ3n) is 2.60. The molecule has 1 N–H and O–H groups in total. The van der Waals surface area contributed by atoms with Gasteiger partial charge in [-0.1, -0.05) is 0 Å². The minimum atomic E-state index is -0.0682. The van der Waals surface area contributed by atoms with Gasteiger partial charge in [0.25, 0.3) is 0 Å². The van der Waals surface area contributed by atoms with Gasteiger partial charge in [-0.05, 0) is 19.1 Å². The Morgan fingerprint density at radius 2 is 2.46 bits per heavy atom. The fourth-order valence-corrected chi connectivity index (χ4v) is 1.66. The van der Waals surface area contributed by atoms with Gasteiger partial charge < -0.3 is 9.72 Å². The second-order valence-electron chi connectivity index (χ2n) is 3.62. The zero-order chi connectivity index (χ0) is 8.89. The molecule has 0 spiro atoms. The van der Waals surface area contributed by atoms with Crippen molar-refractivity contribution in [2.24, 2.45) is 0 Å². The molecule has 3 rings (SSSR count). The molecule has 1 aliphatic heterocycles. The summed E-state index contributed by atoms with van der Waals surface area (Å²) < 4.78 is 5.40. The summed E-state index contributed by atoms with van der Waals surface area (Å²) in [6.07, 6.45) is 3.78. The van der Waals surface area contributed by atoms with E-state index >= 15 is 0 Å². The van der Waals surface area contributed by atoms with Gasteiger partial charge in [0.1, 0.15) is 11.2 Å². The standard InChI is InChI=1S/C10H10N2O/c1-10(6-13-10)8-5-12-9-7(8)3-2-4-11-9/h2-5H,6H2,1H3,(H,11,12). The molecule has 1 saturated heterocycles. The zero-order valence-electron chi connectivity index (χ0n) is 7.37. The lowest BCUT2D eigenvalue weighted by molar-refractivity contribution is 0.331. The number of nitrogens with one attached hydrogen (secondary N) is 1. The molecule has 0 amide bonds. The van der Waals surface area contributed by atoms with E-state index in [1.165, 1.54) is 10.9 Å². The number of rotatable bonds is 1. The molecule has 13 heavy (non-hydrogen) atoms. The van der Waals surface area contributed by atoms with Crippen LogP contribution in [0.4, 0.5) is 0 Å².